The van der Waals surface area contributed by atoms with E-state index in [2.05, 4.69) is 25.9 Å². The lowest BCUT2D eigenvalue weighted by Gasteiger charge is -2.05. The molecule has 1 aromatic rings. The molecule has 0 aliphatic rings. The van der Waals surface area contributed by atoms with E-state index in [1.165, 1.54) is 6.33 Å². The molecule has 0 spiro atoms. The third-order valence-corrected chi connectivity index (χ3v) is 1.86. The second kappa shape index (κ2) is 4.56. The van der Waals surface area contributed by atoms with Crippen molar-refractivity contribution in [1.29, 1.82) is 0 Å². The number of anilines is 1. The molecule has 0 bridgehead atoms. The number of hydrogen-bond acceptors (Lipinski definition) is 3. The molecule has 4 N–H and O–H groups in total. The van der Waals surface area contributed by atoms with Crippen LogP contribution >= 0.6 is 12.2 Å². The van der Waals surface area contributed by atoms with E-state index in [1.54, 1.807) is 14.1 Å². The highest BCUT2D eigenvalue weighted by molar-refractivity contribution is 7.80. The summed E-state index contributed by atoms with van der Waals surface area (Å²) in [4.78, 5) is 17.9. The predicted octanol–water partition coefficient (Wildman–Crippen LogP) is -0.315. The van der Waals surface area contributed by atoms with Gasteiger partial charge in [-0.3, -0.25) is 4.79 Å². The second-order valence-corrected chi connectivity index (χ2v) is 2.82. The molecule has 0 saturated carbocycles. The molecule has 76 valence electrons. The molecule has 0 unspecified atom stereocenters. The molecule has 0 aliphatic carbocycles. The van der Waals surface area contributed by atoms with Gasteiger partial charge in [0, 0.05) is 14.1 Å². The maximum absolute atomic E-state index is 11.3. The minimum atomic E-state index is -0.246. The van der Waals surface area contributed by atoms with Crippen LogP contribution in [0.5, 0.6) is 0 Å². The molecular formula is C7H11N5OS. The van der Waals surface area contributed by atoms with E-state index < -0.39 is 0 Å². The Morgan fingerprint density at radius 3 is 2.79 bits per heavy atom. The van der Waals surface area contributed by atoms with Crippen molar-refractivity contribution in [3.05, 3.63) is 12.0 Å². The van der Waals surface area contributed by atoms with Crippen LogP contribution in [0.2, 0.25) is 0 Å². The first kappa shape index (κ1) is 10.5. The fourth-order valence-corrected chi connectivity index (χ4v) is 0.954. The van der Waals surface area contributed by atoms with Gasteiger partial charge in [0.1, 0.15) is 5.69 Å². The molecule has 0 fully saturated rings. The highest BCUT2D eigenvalue weighted by Gasteiger charge is 2.12. The molecule has 0 saturated heterocycles. The first-order valence-electron chi connectivity index (χ1n) is 3.93. The van der Waals surface area contributed by atoms with Crippen molar-refractivity contribution in [2.45, 2.75) is 0 Å². The maximum atomic E-state index is 11.3. The van der Waals surface area contributed by atoms with E-state index in [4.69, 9.17) is 12.2 Å². The molecule has 1 rings (SSSR count). The van der Waals surface area contributed by atoms with Crippen LogP contribution < -0.4 is 16.0 Å². The van der Waals surface area contributed by atoms with Gasteiger partial charge in [-0.05, 0) is 12.2 Å². The van der Waals surface area contributed by atoms with E-state index in [0.717, 1.165) is 0 Å². The van der Waals surface area contributed by atoms with Crippen molar-refractivity contribution < 1.29 is 4.79 Å². The summed E-state index contributed by atoms with van der Waals surface area (Å²) in [6.07, 6.45) is 1.42. The summed E-state index contributed by atoms with van der Waals surface area (Å²) >= 11 is 4.88. The number of carbonyl (C=O) groups excluding carboxylic acids is 1. The van der Waals surface area contributed by atoms with Crippen molar-refractivity contribution in [3.8, 4) is 0 Å². The lowest BCUT2D eigenvalue weighted by molar-refractivity contribution is 0.0959. The zero-order chi connectivity index (χ0) is 10.6. The minimum Gasteiger partial charge on any atom is -0.365 e. The van der Waals surface area contributed by atoms with E-state index in [-0.39, 0.29) is 5.91 Å². The third-order valence-electron chi connectivity index (χ3n) is 1.55. The monoisotopic (exact) mass is 213 g/mol. The molecule has 0 radical (unpaired) electrons. The van der Waals surface area contributed by atoms with Crippen molar-refractivity contribution in [1.82, 2.24) is 20.6 Å². The Balaban J connectivity index is 2.82. The van der Waals surface area contributed by atoms with Crippen LogP contribution in [0.1, 0.15) is 10.5 Å². The summed E-state index contributed by atoms with van der Waals surface area (Å²) in [6, 6.07) is 0. The SMILES string of the molecule is CNC(=O)c1[nH]cnc1NC(=S)NC. The Kier molecular flexibility index (Phi) is 3.41. The standard InChI is InChI=1S/C7H11N5OS/c1-8-6(13)4-5(11-3-10-4)12-7(14)9-2/h3H,1-2H3,(H,8,13)(H,10,11)(H2,9,12,14). The molecule has 0 aromatic carbocycles. The average molecular weight is 213 g/mol. The molecular weight excluding hydrogens is 202 g/mol. The number of rotatable bonds is 2. The fourth-order valence-electron chi connectivity index (χ4n) is 0.857. The number of hydrogen-bond donors (Lipinski definition) is 4. The maximum Gasteiger partial charge on any atom is 0.271 e. The van der Waals surface area contributed by atoms with Gasteiger partial charge in [0.05, 0.1) is 6.33 Å². The molecule has 1 amide bonds. The Hall–Kier alpha value is -1.63. The summed E-state index contributed by atoms with van der Waals surface area (Å²) in [6.45, 7) is 0. The van der Waals surface area contributed by atoms with Crippen LogP contribution in [0.3, 0.4) is 0 Å². The average Bonchev–Trinajstić information content (AvgIpc) is 2.64. The van der Waals surface area contributed by atoms with Crippen LogP contribution in [0.15, 0.2) is 6.33 Å². The van der Waals surface area contributed by atoms with Gasteiger partial charge < -0.3 is 20.9 Å². The minimum absolute atomic E-state index is 0.246. The first-order chi connectivity index (χ1) is 6.69. The number of nitrogens with one attached hydrogen (secondary N) is 4. The number of amides is 1. The van der Waals surface area contributed by atoms with Crippen molar-refractivity contribution >= 4 is 29.1 Å². The van der Waals surface area contributed by atoms with Gasteiger partial charge >= 0.3 is 0 Å². The third kappa shape index (κ3) is 2.19. The molecule has 7 heteroatoms. The van der Waals surface area contributed by atoms with Gasteiger partial charge in [-0.15, -0.1) is 0 Å². The summed E-state index contributed by atoms with van der Waals surface area (Å²) < 4.78 is 0. The first-order valence-corrected chi connectivity index (χ1v) is 4.34. The molecule has 0 atom stereocenters. The van der Waals surface area contributed by atoms with Crippen LogP contribution in [-0.4, -0.2) is 35.1 Å². The Morgan fingerprint density at radius 2 is 2.21 bits per heavy atom. The van der Waals surface area contributed by atoms with Gasteiger partial charge in [-0.1, -0.05) is 0 Å². The summed E-state index contributed by atoms with van der Waals surface area (Å²) in [5.41, 5.74) is 0.352. The topological polar surface area (TPSA) is 81.8 Å². The van der Waals surface area contributed by atoms with Gasteiger partial charge in [0.15, 0.2) is 10.9 Å². The zero-order valence-corrected chi connectivity index (χ0v) is 8.66. The van der Waals surface area contributed by atoms with Crippen molar-refractivity contribution in [2.24, 2.45) is 0 Å². The number of H-pyrrole nitrogens is 1. The normalized spacial score (nSPS) is 9.29. The largest absolute Gasteiger partial charge is 0.365 e. The number of thiocarbonyl (C=S) groups is 1. The molecule has 14 heavy (non-hydrogen) atoms. The molecule has 1 heterocycles. The number of aromatic amines is 1. The summed E-state index contributed by atoms with van der Waals surface area (Å²) in [5, 5.41) is 8.38. The van der Waals surface area contributed by atoms with Crippen molar-refractivity contribution in [3.63, 3.8) is 0 Å². The highest BCUT2D eigenvalue weighted by Crippen LogP contribution is 2.08. The lowest BCUT2D eigenvalue weighted by Crippen LogP contribution is -2.27. The van der Waals surface area contributed by atoms with Crippen LogP contribution in [0.4, 0.5) is 5.82 Å². The smallest absolute Gasteiger partial charge is 0.271 e. The number of carbonyl (C=O) groups is 1. The van der Waals surface area contributed by atoms with Crippen LogP contribution in [0.25, 0.3) is 0 Å². The van der Waals surface area contributed by atoms with E-state index in [0.29, 0.717) is 16.6 Å². The van der Waals surface area contributed by atoms with Gasteiger partial charge in [0.25, 0.3) is 5.91 Å². The van der Waals surface area contributed by atoms with Gasteiger partial charge in [-0.25, -0.2) is 4.98 Å². The summed E-state index contributed by atoms with van der Waals surface area (Å²) in [7, 11) is 3.23. The van der Waals surface area contributed by atoms with E-state index in [9.17, 15) is 4.79 Å². The Bertz CT molecular complexity index is 348. The van der Waals surface area contributed by atoms with Gasteiger partial charge in [-0.2, -0.15) is 0 Å². The zero-order valence-electron chi connectivity index (χ0n) is 7.84. The lowest BCUT2D eigenvalue weighted by atomic mass is 10.4. The van der Waals surface area contributed by atoms with E-state index in [1.807, 2.05) is 0 Å². The van der Waals surface area contributed by atoms with Crippen LogP contribution in [-0.2, 0) is 0 Å². The fraction of sp³-hybridized carbons (Fsp3) is 0.286. The van der Waals surface area contributed by atoms with Crippen molar-refractivity contribution in [2.75, 3.05) is 19.4 Å². The predicted molar refractivity (Wildman–Crippen MR) is 57.3 cm³/mol. The van der Waals surface area contributed by atoms with E-state index >= 15 is 0 Å². The second-order valence-electron chi connectivity index (χ2n) is 2.41. The Morgan fingerprint density at radius 1 is 1.50 bits per heavy atom. The molecule has 1 aromatic heterocycles. The molecule has 6 nitrogen and oxygen atoms in total. The number of imidazole rings is 1. The Labute approximate surface area is 86.5 Å². The molecule has 0 aliphatic heterocycles. The number of aromatic nitrogens is 2. The highest BCUT2D eigenvalue weighted by atomic mass is 32.1. The van der Waals surface area contributed by atoms with Crippen LogP contribution in [0, 0.1) is 0 Å². The number of nitrogens with zero attached hydrogens (tertiary/aromatic N) is 1. The summed E-state index contributed by atoms with van der Waals surface area (Å²) in [5.74, 6) is 0.160. The van der Waals surface area contributed by atoms with Gasteiger partial charge in [0.2, 0.25) is 0 Å². The quantitative estimate of drug-likeness (QED) is 0.506.